The molecule has 0 radical (unpaired) electrons. The first-order chi connectivity index (χ1) is 8.91. The molecule has 2 aliphatic carbocycles. The summed E-state index contributed by atoms with van der Waals surface area (Å²) in [4.78, 5) is 25.0. The minimum atomic E-state index is -0.799. The highest BCUT2D eigenvalue weighted by molar-refractivity contribution is 9.12. The van der Waals surface area contributed by atoms with E-state index in [4.69, 9.17) is 5.73 Å². The van der Waals surface area contributed by atoms with Crippen LogP contribution in [0.3, 0.4) is 0 Å². The lowest BCUT2D eigenvalue weighted by atomic mass is 9.79. The van der Waals surface area contributed by atoms with E-state index in [0.717, 1.165) is 0 Å². The Bertz CT molecular complexity index is 686. The molecular weight excluding hydrogens is 374 g/mol. The summed E-state index contributed by atoms with van der Waals surface area (Å²) in [6.45, 7) is 0. The first kappa shape index (κ1) is 13.0. The highest BCUT2D eigenvalue weighted by Crippen LogP contribution is 2.42. The standard InChI is InChI=1S/C14H9Br2NO2/c15-10-6-14(16,17)5-9-11(10)13(19)8-4-2-1-3-7(8)12(9)18/h1-4,6H,5,17H2. The van der Waals surface area contributed by atoms with E-state index >= 15 is 0 Å². The van der Waals surface area contributed by atoms with Crippen molar-refractivity contribution in [2.45, 2.75) is 10.9 Å². The third-order valence-corrected chi connectivity index (χ3v) is 4.41. The first-order valence-electron chi connectivity index (χ1n) is 5.69. The van der Waals surface area contributed by atoms with Gasteiger partial charge in [0, 0.05) is 33.2 Å². The number of Topliss-reactive ketones (excluding diaryl/α,β-unsaturated/α-hetero) is 2. The van der Waals surface area contributed by atoms with Gasteiger partial charge in [-0.05, 0) is 6.08 Å². The Morgan fingerprint density at radius 3 is 2.32 bits per heavy atom. The second kappa shape index (κ2) is 4.23. The molecule has 0 aliphatic heterocycles. The molecule has 5 heteroatoms. The molecule has 1 aromatic carbocycles. The van der Waals surface area contributed by atoms with Crippen LogP contribution in [-0.4, -0.2) is 16.0 Å². The lowest BCUT2D eigenvalue weighted by Crippen LogP contribution is -2.37. The molecule has 3 rings (SSSR count). The Morgan fingerprint density at radius 2 is 1.68 bits per heavy atom. The molecule has 0 saturated carbocycles. The van der Waals surface area contributed by atoms with Crippen LogP contribution in [-0.2, 0) is 0 Å². The lowest BCUT2D eigenvalue weighted by molar-refractivity contribution is 0.0972. The summed E-state index contributed by atoms with van der Waals surface area (Å²) in [6, 6.07) is 6.87. The van der Waals surface area contributed by atoms with Crippen molar-refractivity contribution in [2.75, 3.05) is 0 Å². The van der Waals surface area contributed by atoms with Crippen LogP contribution in [0.1, 0.15) is 27.1 Å². The maximum atomic E-state index is 12.5. The highest BCUT2D eigenvalue weighted by atomic mass is 79.9. The van der Waals surface area contributed by atoms with Crippen LogP contribution in [0.5, 0.6) is 0 Å². The molecule has 0 aromatic heterocycles. The van der Waals surface area contributed by atoms with Crippen molar-refractivity contribution < 1.29 is 9.59 Å². The van der Waals surface area contributed by atoms with Crippen molar-refractivity contribution in [1.82, 2.24) is 0 Å². The second-order valence-electron chi connectivity index (χ2n) is 4.65. The van der Waals surface area contributed by atoms with E-state index in [2.05, 4.69) is 31.9 Å². The molecule has 0 amide bonds. The smallest absolute Gasteiger partial charge is 0.195 e. The van der Waals surface area contributed by atoms with E-state index < -0.39 is 4.45 Å². The van der Waals surface area contributed by atoms with Crippen molar-refractivity contribution in [1.29, 1.82) is 0 Å². The van der Waals surface area contributed by atoms with Crippen LogP contribution in [0.25, 0.3) is 0 Å². The zero-order valence-electron chi connectivity index (χ0n) is 9.74. The third kappa shape index (κ3) is 1.96. The zero-order valence-corrected chi connectivity index (χ0v) is 12.9. The van der Waals surface area contributed by atoms with Gasteiger partial charge in [0.15, 0.2) is 11.6 Å². The molecule has 96 valence electrons. The predicted molar refractivity (Wildman–Crippen MR) is 79.6 cm³/mol. The summed E-state index contributed by atoms with van der Waals surface area (Å²) in [5.74, 6) is -0.249. The van der Waals surface area contributed by atoms with Crippen LogP contribution < -0.4 is 5.73 Å². The minimum Gasteiger partial charge on any atom is -0.313 e. The fourth-order valence-corrected chi connectivity index (χ4v) is 4.10. The Kier molecular flexibility index (Phi) is 2.89. The number of ketones is 2. The summed E-state index contributed by atoms with van der Waals surface area (Å²) in [6.07, 6.45) is 2.02. The number of rotatable bonds is 0. The van der Waals surface area contributed by atoms with Crippen molar-refractivity contribution in [3.05, 3.63) is 57.1 Å². The second-order valence-corrected chi connectivity index (χ2v) is 6.98. The van der Waals surface area contributed by atoms with Crippen molar-refractivity contribution in [2.24, 2.45) is 5.73 Å². The maximum absolute atomic E-state index is 12.5. The number of carbonyl (C=O) groups is 2. The van der Waals surface area contributed by atoms with E-state index in [-0.39, 0.29) is 11.6 Å². The van der Waals surface area contributed by atoms with Gasteiger partial charge in [0.2, 0.25) is 0 Å². The number of benzene rings is 1. The van der Waals surface area contributed by atoms with Gasteiger partial charge in [-0.15, -0.1) is 0 Å². The molecule has 1 unspecified atom stereocenters. The number of fused-ring (bicyclic) bond motifs is 1. The fraction of sp³-hybridized carbons (Fsp3) is 0.143. The topological polar surface area (TPSA) is 60.2 Å². The molecule has 0 spiro atoms. The molecular formula is C14H9Br2NO2. The van der Waals surface area contributed by atoms with Gasteiger partial charge in [0.25, 0.3) is 0 Å². The summed E-state index contributed by atoms with van der Waals surface area (Å²) >= 11 is 6.70. The summed E-state index contributed by atoms with van der Waals surface area (Å²) < 4.78 is -0.228. The summed E-state index contributed by atoms with van der Waals surface area (Å²) in [5, 5.41) is 0. The molecule has 1 aromatic rings. The molecule has 0 heterocycles. The van der Waals surface area contributed by atoms with Gasteiger partial charge in [-0.2, -0.15) is 0 Å². The van der Waals surface area contributed by atoms with E-state index in [9.17, 15) is 9.59 Å². The average molecular weight is 383 g/mol. The van der Waals surface area contributed by atoms with Crippen LogP contribution in [0.2, 0.25) is 0 Å². The molecule has 19 heavy (non-hydrogen) atoms. The van der Waals surface area contributed by atoms with Gasteiger partial charge >= 0.3 is 0 Å². The SMILES string of the molecule is NC1(Br)C=C(Br)C2=C(C1)C(=O)c1ccccc1C2=O. The van der Waals surface area contributed by atoms with Gasteiger partial charge in [0.05, 0.1) is 4.45 Å². The Morgan fingerprint density at radius 1 is 1.11 bits per heavy atom. The molecule has 0 saturated heterocycles. The number of allylic oxidation sites excluding steroid dienone is 2. The highest BCUT2D eigenvalue weighted by Gasteiger charge is 2.39. The lowest BCUT2D eigenvalue weighted by Gasteiger charge is -2.30. The zero-order chi connectivity index (χ0) is 13.8. The number of hydrogen-bond acceptors (Lipinski definition) is 3. The predicted octanol–water partition coefficient (Wildman–Crippen LogP) is 3.09. The molecule has 1 atom stereocenters. The van der Waals surface area contributed by atoms with Gasteiger partial charge in [-0.25, -0.2) is 0 Å². The van der Waals surface area contributed by atoms with Crippen molar-refractivity contribution in [3.63, 3.8) is 0 Å². The number of carbonyl (C=O) groups excluding carboxylic acids is 2. The van der Waals surface area contributed by atoms with E-state index in [1.165, 1.54) is 0 Å². The van der Waals surface area contributed by atoms with Gasteiger partial charge in [0.1, 0.15) is 0 Å². The van der Waals surface area contributed by atoms with E-state index in [1.54, 1.807) is 30.3 Å². The monoisotopic (exact) mass is 381 g/mol. The largest absolute Gasteiger partial charge is 0.313 e. The van der Waals surface area contributed by atoms with Crippen molar-refractivity contribution in [3.8, 4) is 0 Å². The van der Waals surface area contributed by atoms with Crippen LogP contribution in [0.15, 0.2) is 46.0 Å². The van der Waals surface area contributed by atoms with Crippen LogP contribution in [0, 0.1) is 0 Å². The number of halogens is 2. The Labute approximate surface area is 126 Å². The first-order valence-corrected chi connectivity index (χ1v) is 7.27. The molecule has 2 aliphatic rings. The van der Waals surface area contributed by atoms with Gasteiger partial charge in [-0.1, -0.05) is 56.1 Å². The molecule has 0 bridgehead atoms. The summed E-state index contributed by atoms with van der Waals surface area (Å²) in [5.41, 5.74) is 7.83. The van der Waals surface area contributed by atoms with E-state index in [0.29, 0.717) is 33.2 Å². The molecule has 0 fully saturated rings. The maximum Gasteiger partial charge on any atom is 0.195 e. The number of alkyl halides is 1. The molecule has 2 N–H and O–H groups in total. The summed E-state index contributed by atoms with van der Waals surface area (Å²) in [7, 11) is 0. The fourth-order valence-electron chi connectivity index (χ4n) is 2.45. The average Bonchev–Trinajstić information content (AvgIpc) is 2.34. The quantitative estimate of drug-likeness (QED) is 0.554. The minimum absolute atomic E-state index is 0.121. The third-order valence-electron chi connectivity index (χ3n) is 3.27. The number of hydrogen-bond donors (Lipinski definition) is 1. The van der Waals surface area contributed by atoms with Crippen LogP contribution in [0.4, 0.5) is 0 Å². The Hall–Kier alpha value is -1.04. The number of nitrogens with two attached hydrogens (primary N) is 1. The van der Waals surface area contributed by atoms with Gasteiger partial charge in [-0.3, -0.25) is 9.59 Å². The Balaban J connectivity index is 2.24. The van der Waals surface area contributed by atoms with Gasteiger partial charge < -0.3 is 5.73 Å². The normalized spacial score (nSPS) is 25.9. The van der Waals surface area contributed by atoms with E-state index in [1.807, 2.05) is 0 Å². The van der Waals surface area contributed by atoms with Crippen LogP contribution >= 0.6 is 31.9 Å². The molecule has 3 nitrogen and oxygen atoms in total. The van der Waals surface area contributed by atoms with Crippen molar-refractivity contribution >= 4 is 43.4 Å².